The molecule has 0 aliphatic carbocycles. The number of nitrogens with one attached hydrogen (secondary N) is 1. The molecular formula is C17H19FN7Na2O5P. The number of nitrogens with two attached hydrogens (primary N) is 2. The quantitative estimate of drug-likeness (QED) is 0.0868. The molecule has 1 aromatic carbocycles. The van der Waals surface area contributed by atoms with Gasteiger partial charge in [0, 0.05) is 24.4 Å². The van der Waals surface area contributed by atoms with Crippen LogP contribution < -0.4 is 90.9 Å². The van der Waals surface area contributed by atoms with Gasteiger partial charge in [-0.1, -0.05) is 0 Å². The SMILES string of the molecule is CN(N)C(=Nc1ccc(-c2ccc(N3CC(COP([O-])[O-])OC3=O)cc2F)cn1)NN.[Na+].[Na+]. The predicted molar refractivity (Wildman–Crippen MR) is 106 cm³/mol. The first-order valence-corrected chi connectivity index (χ1v) is 9.93. The van der Waals surface area contributed by atoms with Crippen molar-refractivity contribution in [3.8, 4) is 11.1 Å². The molecule has 1 unspecified atom stereocenters. The maximum atomic E-state index is 14.7. The third-order valence-electron chi connectivity index (χ3n) is 4.25. The number of hydrogen-bond acceptors (Lipinski definition) is 9. The number of nitrogens with zero attached hydrogens (tertiary/aromatic N) is 4. The van der Waals surface area contributed by atoms with Crippen LogP contribution in [0.1, 0.15) is 0 Å². The van der Waals surface area contributed by atoms with Crippen molar-refractivity contribution in [3.05, 3.63) is 42.3 Å². The zero-order valence-corrected chi connectivity index (χ0v) is 23.2. The van der Waals surface area contributed by atoms with E-state index in [4.69, 9.17) is 16.4 Å². The van der Waals surface area contributed by atoms with Crippen LogP contribution in [0, 0.1) is 5.82 Å². The summed E-state index contributed by atoms with van der Waals surface area (Å²) in [6.45, 7) is -0.272. The number of aromatic nitrogens is 1. The average molecular weight is 497 g/mol. The van der Waals surface area contributed by atoms with Crippen LogP contribution in [0.25, 0.3) is 11.1 Å². The van der Waals surface area contributed by atoms with Gasteiger partial charge in [-0.15, -0.1) is 0 Å². The van der Waals surface area contributed by atoms with E-state index < -0.39 is 26.6 Å². The van der Waals surface area contributed by atoms with Gasteiger partial charge in [0.25, 0.3) is 0 Å². The summed E-state index contributed by atoms with van der Waals surface area (Å²) in [6.07, 6.45) is -0.0655. The molecule has 1 amide bonds. The third kappa shape index (κ3) is 8.06. The predicted octanol–water partition coefficient (Wildman–Crippen LogP) is -6.56. The van der Waals surface area contributed by atoms with Gasteiger partial charge in [-0.3, -0.25) is 15.3 Å². The van der Waals surface area contributed by atoms with Crippen molar-refractivity contribution in [1.82, 2.24) is 15.4 Å². The molecule has 2 aromatic rings. The Morgan fingerprint density at radius 3 is 2.70 bits per heavy atom. The van der Waals surface area contributed by atoms with Crippen molar-refractivity contribution < 1.29 is 87.3 Å². The van der Waals surface area contributed by atoms with Crippen LogP contribution in [0.2, 0.25) is 0 Å². The van der Waals surface area contributed by atoms with Crippen molar-refractivity contribution >= 4 is 32.2 Å². The summed E-state index contributed by atoms with van der Waals surface area (Å²) in [6, 6.07) is 7.41. The van der Waals surface area contributed by atoms with Crippen LogP contribution in [0.4, 0.5) is 20.7 Å². The van der Waals surface area contributed by atoms with Crippen molar-refractivity contribution in [2.45, 2.75) is 6.10 Å². The van der Waals surface area contributed by atoms with Crippen LogP contribution in [0.15, 0.2) is 41.5 Å². The van der Waals surface area contributed by atoms with E-state index >= 15 is 0 Å². The van der Waals surface area contributed by atoms with E-state index in [9.17, 15) is 19.0 Å². The molecule has 0 spiro atoms. The molecule has 3 rings (SSSR count). The molecular weight excluding hydrogens is 478 g/mol. The Hall–Kier alpha value is -0.930. The maximum Gasteiger partial charge on any atom is 1.00 e. The fourth-order valence-electron chi connectivity index (χ4n) is 2.80. The smallest absolute Gasteiger partial charge is 0.820 e. The Morgan fingerprint density at radius 2 is 2.15 bits per heavy atom. The molecule has 16 heteroatoms. The molecule has 33 heavy (non-hydrogen) atoms. The van der Waals surface area contributed by atoms with Crippen LogP contribution in [0.3, 0.4) is 0 Å². The summed E-state index contributed by atoms with van der Waals surface area (Å²) in [5.74, 6) is 10.8. The number of hydrazine groups is 2. The van der Waals surface area contributed by atoms with Crippen LogP contribution in [-0.4, -0.2) is 48.3 Å². The Morgan fingerprint density at radius 1 is 1.42 bits per heavy atom. The third-order valence-corrected chi connectivity index (χ3v) is 4.61. The number of rotatable bonds is 6. The normalized spacial score (nSPS) is 15.6. The number of anilines is 1. The first-order valence-electron chi connectivity index (χ1n) is 8.83. The van der Waals surface area contributed by atoms with E-state index in [1.54, 1.807) is 25.2 Å². The van der Waals surface area contributed by atoms with Gasteiger partial charge in [-0.05, 0) is 30.3 Å². The molecule has 5 N–H and O–H groups in total. The minimum atomic E-state index is -3.05. The van der Waals surface area contributed by atoms with Gasteiger partial charge in [-0.2, -0.15) is 13.6 Å². The summed E-state index contributed by atoms with van der Waals surface area (Å²) in [7, 11) is -1.51. The minimum Gasteiger partial charge on any atom is -0.820 e. The molecule has 12 nitrogen and oxygen atoms in total. The van der Waals surface area contributed by atoms with Gasteiger partial charge in [0.05, 0.1) is 18.8 Å². The minimum absolute atomic E-state index is 0. The summed E-state index contributed by atoms with van der Waals surface area (Å²) < 4.78 is 24.2. The molecule has 1 fully saturated rings. The van der Waals surface area contributed by atoms with E-state index in [1.807, 2.05) is 0 Å². The molecule has 1 aliphatic heterocycles. The van der Waals surface area contributed by atoms with Crippen molar-refractivity contribution in [2.75, 3.05) is 25.1 Å². The molecule has 1 aliphatic rings. The number of pyridine rings is 1. The van der Waals surface area contributed by atoms with Crippen LogP contribution in [0.5, 0.6) is 0 Å². The van der Waals surface area contributed by atoms with Crippen LogP contribution >= 0.6 is 8.60 Å². The molecule has 1 saturated heterocycles. The van der Waals surface area contributed by atoms with E-state index in [0.717, 1.165) is 0 Å². The number of carbonyl (C=O) groups is 1. The number of cyclic esters (lactones) is 1. The fourth-order valence-corrected chi connectivity index (χ4v) is 3.09. The van der Waals surface area contributed by atoms with Gasteiger partial charge in [0.15, 0.2) is 5.82 Å². The van der Waals surface area contributed by atoms with Gasteiger partial charge in [0.2, 0.25) is 5.96 Å². The number of guanidine groups is 1. The van der Waals surface area contributed by atoms with E-state index in [1.165, 1.54) is 28.2 Å². The summed E-state index contributed by atoms with van der Waals surface area (Å²) >= 11 is 0. The number of amides is 1. The maximum absolute atomic E-state index is 14.7. The second kappa shape index (κ2) is 13.8. The van der Waals surface area contributed by atoms with E-state index in [2.05, 4.69) is 19.9 Å². The molecule has 0 saturated carbocycles. The largest absolute Gasteiger partial charge is 1.00 e. The standard InChI is InChI=1S/C17H19FN7O5P.2Na/c1-24(20)16(23-19)22-15-5-2-10(7-21-15)13-4-3-11(6-14(13)18)25-8-12(30-17(25)26)9-29-31(27)28;;/h2-7,12H,8-9,19-20H2,1H3,(H,21,22,23);;/q-2;2*+1. The van der Waals surface area contributed by atoms with Crippen molar-refractivity contribution in [2.24, 2.45) is 16.7 Å². The topological polar surface area (TPSA) is 177 Å². The van der Waals surface area contributed by atoms with Crippen LogP contribution in [-0.2, 0) is 9.26 Å². The van der Waals surface area contributed by atoms with E-state index in [-0.39, 0.29) is 89.5 Å². The van der Waals surface area contributed by atoms with Gasteiger partial charge in [0.1, 0.15) is 11.9 Å². The monoisotopic (exact) mass is 497 g/mol. The van der Waals surface area contributed by atoms with E-state index in [0.29, 0.717) is 11.4 Å². The number of ether oxygens (including phenoxy) is 1. The summed E-state index contributed by atoms with van der Waals surface area (Å²) in [5, 5.41) is 1.18. The molecule has 1 atom stereocenters. The molecule has 0 bridgehead atoms. The summed E-state index contributed by atoms with van der Waals surface area (Å²) in [5.41, 5.74) is 3.34. The second-order valence-electron chi connectivity index (χ2n) is 6.40. The van der Waals surface area contributed by atoms with Gasteiger partial charge in [-0.25, -0.2) is 25.9 Å². The fraction of sp³-hybridized carbons (Fsp3) is 0.235. The second-order valence-corrected chi connectivity index (χ2v) is 7.10. The average Bonchev–Trinajstić information content (AvgIpc) is 3.11. The molecule has 1 aromatic heterocycles. The van der Waals surface area contributed by atoms with Crippen molar-refractivity contribution in [3.63, 3.8) is 0 Å². The Balaban J connectivity index is 0.00000272. The van der Waals surface area contributed by atoms with Gasteiger partial charge >= 0.3 is 65.2 Å². The number of aliphatic imine (C=N–C) groups is 1. The molecule has 0 radical (unpaired) electrons. The Bertz CT molecular complexity index is 971. The molecule has 2 heterocycles. The first kappa shape index (κ1) is 30.1. The zero-order chi connectivity index (χ0) is 22.5. The number of halogens is 1. The zero-order valence-electron chi connectivity index (χ0n) is 18.3. The van der Waals surface area contributed by atoms with Crippen molar-refractivity contribution in [1.29, 1.82) is 0 Å². The Kier molecular flexibility index (Phi) is 12.6. The number of benzene rings is 1. The molecule has 166 valence electrons. The first-order chi connectivity index (χ1) is 14.8. The number of carbonyl (C=O) groups excluding carboxylic acids is 1. The summed E-state index contributed by atoms with van der Waals surface area (Å²) in [4.78, 5) is 42.5. The van der Waals surface area contributed by atoms with Gasteiger partial charge < -0.3 is 19.0 Å². The number of hydrogen-bond donors (Lipinski definition) is 3. The Labute approximate surface area is 234 Å².